The zero-order chi connectivity index (χ0) is 14.5. The van der Waals surface area contributed by atoms with E-state index in [0.717, 1.165) is 10.0 Å². The second-order valence-electron chi connectivity index (χ2n) is 3.20. The lowest BCUT2D eigenvalue weighted by atomic mass is 10.5. The lowest BCUT2D eigenvalue weighted by molar-refractivity contribution is 0.963. The molecule has 0 aliphatic heterocycles. The SMILES string of the molecule is Nc1n[nH]c(=S)s1.Nc1nnc(Cc2nnc(N)s2)s1. The lowest BCUT2D eigenvalue weighted by Gasteiger charge is -1.85. The topological polar surface area (TPSA) is 158 Å². The summed E-state index contributed by atoms with van der Waals surface area (Å²) in [5.74, 6) is 0. The Morgan fingerprint density at radius 1 is 0.850 bits per heavy atom. The molecule has 0 amide bonds. The van der Waals surface area contributed by atoms with Gasteiger partial charge in [0.2, 0.25) is 15.4 Å². The molecule has 3 aromatic rings. The minimum Gasteiger partial charge on any atom is -0.374 e. The predicted molar refractivity (Wildman–Crippen MR) is 83.2 cm³/mol. The van der Waals surface area contributed by atoms with E-state index in [4.69, 9.17) is 17.2 Å². The van der Waals surface area contributed by atoms with Gasteiger partial charge in [0, 0.05) is 0 Å². The minimum atomic E-state index is 0.465. The van der Waals surface area contributed by atoms with Crippen LogP contribution in [0.5, 0.6) is 0 Å². The highest BCUT2D eigenvalue weighted by Gasteiger charge is 2.06. The molecule has 0 aliphatic rings. The maximum absolute atomic E-state index is 5.43. The first-order valence-corrected chi connectivity index (χ1v) is 7.85. The Kier molecular flexibility index (Phi) is 4.89. The van der Waals surface area contributed by atoms with Crippen molar-refractivity contribution >= 4 is 61.6 Å². The molecule has 3 rings (SSSR count). The molecule has 0 atom stereocenters. The van der Waals surface area contributed by atoms with Crippen molar-refractivity contribution in [3.8, 4) is 0 Å². The van der Waals surface area contributed by atoms with Crippen LogP contribution in [0.3, 0.4) is 0 Å². The van der Waals surface area contributed by atoms with Crippen molar-refractivity contribution in [1.82, 2.24) is 30.6 Å². The summed E-state index contributed by atoms with van der Waals surface area (Å²) >= 11 is 8.61. The summed E-state index contributed by atoms with van der Waals surface area (Å²) < 4.78 is 0.623. The number of nitrogens with zero attached hydrogens (tertiary/aromatic N) is 5. The Morgan fingerprint density at radius 2 is 1.40 bits per heavy atom. The van der Waals surface area contributed by atoms with E-state index in [1.807, 2.05) is 0 Å². The number of rotatable bonds is 2. The first kappa shape index (κ1) is 14.7. The Morgan fingerprint density at radius 3 is 1.65 bits per heavy atom. The van der Waals surface area contributed by atoms with Gasteiger partial charge in [0.25, 0.3) is 0 Å². The highest BCUT2D eigenvalue weighted by molar-refractivity contribution is 7.73. The van der Waals surface area contributed by atoms with Crippen molar-refractivity contribution in [2.24, 2.45) is 0 Å². The Labute approximate surface area is 129 Å². The molecule has 9 nitrogen and oxygen atoms in total. The fraction of sp³-hybridized carbons (Fsp3) is 0.143. The summed E-state index contributed by atoms with van der Waals surface area (Å²) in [6.07, 6.45) is 0.601. The van der Waals surface area contributed by atoms with Gasteiger partial charge in [-0.1, -0.05) is 34.0 Å². The molecule has 106 valence electrons. The number of aromatic amines is 1. The molecule has 7 N–H and O–H groups in total. The molecule has 13 heteroatoms. The molecule has 0 spiro atoms. The van der Waals surface area contributed by atoms with Gasteiger partial charge in [0.15, 0.2) is 3.95 Å². The molecule has 0 bridgehead atoms. The van der Waals surface area contributed by atoms with E-state index in [2.05, 4.69) is 42.8 Å². The van der Waals surface area contributed by atoms with Crippen LogP contribution in [0.15, 0.2) is 0 Å². The molecule has 0 fully saturated rings. The number of hydrogen-bond acceptors (Lipinski definition) is 12. The maximum Gasteiger partial charge on any atom is 0.203 e. The van der Waals surface area contributed by atoms with E-state index in [9.17, 15) is 0 Å². The lowest BCUT2D eigenvalue weighted by Crippen LogP contribution is -1.86. The summed E-state index contributed by atoms with van der Waals surface area (Å²) in [4.78, 5) is 0. The van der Waals surface area contributed by atoms with Crippen molar-refractivity contribution in [3.05, 3.63) is 14.0 Å². The van der Waals surface area contributed by atoms with Crippen LogP contribution in [0.4, 0.5) is 15.4 Å². The third kappa shape index (κ3) is 4.44. The number of nitrogens with one attached hydrogen (secondary N) is 1. The zero-order valence-corrected chi connectivity index (χ0v) is 13.1. The molecule has 0 saturated heterocycles. The monoisotopic (exact) mass is 347 g/mol. The average Bonchev–Trinajstić information content (AvgIpc) is 3.06. The second kappa shape index (κ2) is 6.65. The van der Waals surface area contributed by atoms with Crippen LogP contribution in [0, 0.1) is 3.95 Å². The Hall–Kier alpha value is -1.70. The summed E-state index contributed by atoms with van der Waals surface area (Å²) in [6.45, 7) is 0. The van der Waals surface area contributed by atoms with Crippen molar-refractivity contribution in [2.45, 2.75) is 6.42 Å². The van der Waals surface area contributed by atoms with Gasteiger partial charge in [-0.3, -0.25) is 5.10 Å². The highest BCUT2D eigenvalue weighted by Crippen LogP contribution is 2.18. The van der Waals surface area contributed by atoms with Crippen LogP contribution < -0.4 is 17.2 Å². The summed E-state index contributed by atoms with van der Waals surface area (Å²) in [7, 11) is 0. The Balaban J connectivity index is 0.000000178. The molecule has 0 aliphatic carbocycles. The van der Waals surface area contributed by atoms with Crippen LogP contribution in [0.2, 0.25) is 0 Å². The van der Waals surface area contributed by atoms with Gasteiger partial charge in [-0.15, -0.1) is 25.5 Å². The van der Waals surface area contributed by atoms with Gasteiger partial charge in [0.05, 0.1) is 6.42 Å². The van der Waals surface area contributed by atoms with Gasteiger partial charge in [-0.05, 0) is 12.2 Å². The van der Waals surface area contributed by atoms with E-state index < -0.39 is 0 Å². The summed E-state index contributed by atoms with van der Waals surface area (Å²) in [5.41, 5.74) is 16.0. The van der Waals surface area contributed by atoms with Crippen molar-refractivity contribution in [1.29, 1.82) is 0 Å². The van der Waals surface area contributed by atoms with Gasteiger partial charge in [-0.2, -0.15) is 0 Å². The highest BCUT2D eigenvalue weighted by atomic mass is 32.1. The van der Waals surface area contributed by atoms with E-state index in [1.165, 1.54) is 34.0 Å². The molecule has 0 aromatic carbocycles. The van der Waals surface area contributed by atoms with Crippen LogP contribution in [-0.2, 0) is 6.42 Å². The van der Waals surface area contributed by atoms with Gasteiger partial charge in [-0.25, -0.2) is 0 Å². The predicted octanol–water partition coefficient (Wildman–Crippen LogP) is 0.928. The molecule has 0 saturated carbocycles. The third-order valence-corrected chi connectivity index (χ3v) is 4.15. The molecule has 3 aromatic heterocycles. The van der Waals surface area contributed by atoms with Gasteiger partial charge in [0.1, 0.15) is 10.0 Å². The first-order valence-electron chi connectivity index (χ1n) is 4.99. The third-order valence-electron chi connectivity index (χ3n) is 1.72. The average molecular weight is 347 g/mol. The zero-order valence-electron chi connectivity index (χ0n) is 9.81. The summed E-state index contributed by atoms with van der Waals surface area (Å²) in [5, 5.41) is 24.3. The van der Waals surface area contributed by atoms with Crippen LogP contribution >= 0.6 is 46.2 Å². The molecule has 20 heavy (non-hydrogen) atoms. The normalized spacial score (nSPS) is 10.0. The standard InChI is InChI=1S/C5H6N6S2.C2H3N3S2/c6-4-10-8-2(12-4)1-3-9-11-5(7)13-3;3-1-4-5-2(6)7-1/h1H2,(H2,6,10)(H2,7,11);(H2,3,4)(H,5,6). The molecular weight excluding hydrogens is 338 g/mol. The Bertz CT molecular complexity index is 686. The van der Waals surface area contributed by atoms with Crippen LogP contribution in [0.1, 0.15) is 10.0 Å². The fourth-order valence-electron chi connectivity index (χ4n) is 1.05. The number of H-pyrrole nitrogens is 1. The van der Waals surface area contributed by atoms with E-state index in [-0.39, 0.29) is 0 Å². The van der Waals surface area contributed by atoms with Crippen LogP contribution in [-0.4, -0.2) is 30.6 Å². The number of aromatic nitrogens is 6. The summed E-state index contributed by atoms with van der Waals surface area (Å²) in [6, 6.07) is 0. The molecular formula is C7H9N9S4. The van der Waals surface area contributed by atoms with E-state index >= 15 is 0 Å². The van der Waals surface area contributed by atoms with Crippen molar-refractivity contribution < 1.29 is 0 Å². The smallest absolute Gasteiger partial charge is 0.203 e. The molecule has 3 heterocycles. The number of nitrogens with two attached hydrogens (primary N) is 3. The van der Waals surface area contributed by atoms with Gasteiger partial charge < -0.3 is 17.2 Å². The van der Waals surface area contributed by atoms with Crippen molar-refractivity contribution in [2.75, 3.05) is 17.2 Å². The number of anilines is 3. The maximum atomic E-state index is 5.43. The second-order valence-corrected chi connectivity index (χ2v) is 7.08. The minimum absolute atomic E-state index is 0.465. The molecule has 0 unspecified atom stereocenters. The molecule has 0 radical (unpaired) electrons. The number of nitrogen functional groups attached to an aromatic ring is 3. The van der Waals surface area contributed by atoms with E-state index in [0.29, 0.717) is 25.8 Å². The first-order chi connectivity index (χ1) is 9.52. The number of hydrogen-bond donors (Lipinski definition) is 4. The van der Waals surface area contributed by atoms with E-state index in [1.54, 1.807) is 0 Å². The largest absolute Gasteiger partial charge is 0.374 e. The quantitative estimate of drug-likeness (QED) is 0.494. The fourth-order valence-corrected chi connectivity index (χ4v) is 3.04. The van der Waals surface area contributed by atoms with Crippen LogP contribution in [0.25, 0.3) is 0 Å². The van der Waals surface area contributed by atoms with Crippen molar-refractivity contribution in [3.63, 3.8) is 0 Å². The van der Waals surface area contributed by atoms with Gasteiger partial charge >= 0.3 is 0 Å².